The molecule has 0 saturated heterocycles. The van der Waals surface area contributed by atoms with Gasteiger partial charge in [-0.1, -0.05) is 20.3 Å². The number of carboxylic acids is 1. The lowest BCUT2D eigenvalue weighted by molar-refractivity contribution is -0.153. The van der Waals surface area contributed by atoms with Crippen molar-refractivity contribution in [1.29, 1.82) is 0 Å². The standard InChI is InChI=1S/C14H26N2O3S/c1-4-14(5-2,20-3)10-16-12(19)15-9-13(11(17)18)7-6-8-13/h4-10H2,1-3H3,(H,17,18)(H2,15,16,19). The number of urea groups is 1. The van der Waals surface area contributed by atoms with Crippen molar-refractivity contribution >= 4 is 23.8 Å². The second-order valence-corrected chi connectivity index (χ2v) is 6.84. The number of amides is 2. The van der Waals surface area contributed by atoms with Gasteiger partial charge in [-0.25, -0.2) is 4.79 Å². The Kier molecular flexibility index (Phi) is 6.17. The Hall–Kier alpha value is -0.910. The van der Waals surface area contributed by atoms with E-state index in [1.807, 2.05) is 0 Å². The molecule has 1 rings (SSSR count). The van der Waals surface area contributed by atoms with Crippen LogP contribution in [0, 0.1) is 5.41 Å². The number of hydrogen-bond acceptors (Lipinski definition) is 3. The maximum atomic E-state index is 11.8. The molecule has 6 heteroatoms. The molecule has 0 atom stereocenters. The van der Waals surface area contributed by atoms with Crippen molar-refractivity contribution in [2.45, 2.75) is 50.7 Å². The molecule has 0 spiro atoms. The van der Waals surface area contributed by atoms with E-state index >= 15 is 0 Å². The van der Waals surface area contributed by atoms with E-state index in [4.69, 9.17) is 0 Å². The molecule has 1 fully saturated rings. The number of aliphatic carboxylic acids is 1. The fourth-order valence-electron chi connectivity index (χ4n) is 2.48. The first-order valence-corrected chi connectivity index (χ1v) is 8.46. The molecule has 5 nitrogen and oxygen atoms in total. The molecule has 0 aromatic heterocycles. The summed E-state index contributed by atoms with van der Waals surface area (Å²) in [6.45, 7) is 5.06. The van der Waals surface area contributed by atoms with Gasteiger partial charge in [-0.2, -0.15) is 11.8 Å². The smallest absolute Gasteiger partial charge is 0.314 e. The third kappa shape index (κ3) is 3.81. The van der Waals surface area contributed by atoms with Gasteiger partial charge in [0.1, 0.15) is 0 Å². The van der Waals surface area contributed by atoms with E-state index in [0.29, 0.717) is 19.4 Å². The first kappa shape index (κ1) is 17.1. The van der Waals surface area contributed by atoms with E-state index in [-0.39, 0.29) is 17.3 Å². The fourth-order valence-corrected chi connectivity index (χ4v) is 3.28. The highest BCUT2D eigenvalue weighted by Gasteiger charge is 2.44. The average Bonchev–Trinajstić information content (AvgIpc) is 2.39. The van der Waals surface area contributed by atoms with Crippen molar-refractivity contribution in [3.63, 3.8) is 0 Å². The Labute approximate surface area is 125 Å². The van der Waals surface area contributed by atoms with Gasteiger partial charge in [-0.05, 0) is 31.9 Å². The monoisotopic (exact) mass is 302 g/mol. The maximum absolute atomic E-state index is 11.8. The highest BCUT2D eigenvalue weighted by Crippen LogP contribution is 2.40. The summed E-state index contributed by atoms with van der Waals surface area (Å²) in [6.07, 6.45) is 6.27. The summed E-state index contributed by atoms with van der Waals surface area (Å²) in [5.74, 6) is -0.801. The largest absolute Gasteiger partial charge is 0.481 e. The van der Waals surface area contributed by atoms with Crippen molar-refractivity contribution in [2.75, 3.05) is 19.3 Å². The SMILES string of the molecule is CCC(CC)(CNC(=O)NCC1(C(=O)O)CCC1)SC. The van der Waals surface area contributed by atoms with Crippen LogP contribution in [0.15, 0.2) is 0 Å². The molecule has 0 radical (unpaired) electrons. The molecule has 0 unspecified atom stereocenters. The van der Waals surface area contributed by atoms with Gasteiger partial charge in [0.2, 0.25) is 0 Å². The van der Waals surface area contributed by atoms with Gasteiger partial charge in [0, 0.05) is 17.8 Å². The number of thioether (sulfide) groups is 1. The van der Waals surface area contributed by atoms with E-state index in [0.717, 1.165) is 19.3 Å². The lowest BCUT2D eigenvalue weighted by atomic mass is 9.69. The number of carbonyl (C=O) groups is 2. The normalized spacial score (nSPS) is 17.1. The van der Waals surface area contributed by atoms with Gasteiger partial charge >= 0.3 is 12.0 Å². The Morgan fingerprint density at radius 2 is 1.85 bits per heavy atom. The third-order valence-electron chi connectivity index (χ3n) is 4.64. The molecule has 1 aliphatic rings. The van der Waals surface area contributed by atoms with Crippen LogP contribution in [-0.2, 0) is 4.79 Å². The van der Waals surface area contributed by atoms with Gasteiger partial charge in [0.25, 0.3) is 0 Å². The summed E-state index contributed by atoms with van der Waals surface area (Å²) in [4.78, 5) is 23.0. The van der Waals surface area contributed by atoms with Gasteiger partial charge in [-0.3, -0.25) is 4.79 Å². The van der Waals surface area contributed by atoms with Crippen molar-refractivity contribution < 1.29 is 14.7 Å². The molecule has 20 heavy (non-hydrogen) atoms. The molecule has 0 aromatic rings. The minimum absolute atomic E-state index is 0.0678. The van der Waals surface area contributed by atoms with Gasteiger partial charge in [0.15, 0.2) is 0 Å². The number of nitrogens with one attached hydrogen (secondary N) is 2. The summed E-state index contributed by atoms with van der Waals surface area (Å²) in [5, 5.41) is 14.8. The maximum Gasteiger partial charge on any atom is 0.314 e. The molecule has 0 aliphatic heterocycles. The topological polar surface area (TPSA) is 78.4 Å². The zero-order chi connectivity index (χ0) is 15.2. The van der Waals surface area contributed by atoms with E-state index in [1.54, 1.807) is 11.8 Å². The van der Waals surface area contributed by atoms with Crippen LogP contribution in [0.3, 0.4) is 0 Å². The summed E-state index contributed by atoms with van der Waals surface area (Å²) in [6, 6.07) is -0.266. The number of hydrogen-bond donors (Lipinski definition) is 3. The number of carbonyl (C=O) groups excluding carboxylic acids is 1. The number of carboxylic acid groups (broad SMARTS) is 1. The lowest BCUT2D eigenvalue weighted by Crippen LogP contribution is -2.51. The zero-order valence-electron chi connectivity index (χ0n) is 12.6. The lowest BCUT2D eigenvalue weighted by Gasteiger charge is -2.37. The van der Waals surface area contributed by atoms with Crippen LogP contribution in [0.2, 0.25) is 0 Å². The predicted octanol–water partition coefficient (Wildman–Crippen LogP) is 2.46. The number of rotatable bonds is 8. The van der Waals surface area contributed by atoms with Crippen molar-refractivity contribution in [2.24, 2.45) is 5.41 Å². The first-order valence-electron chi connectivity index (χ1n) is 7.24. The van der Waals surface area contributed by atoms with Gasteiger partial charge in [-0.15, -0.1) is 0 Å². The van der Waals surface area contributed by atoms with Crippen molar-refractivity contribution in [3.8, 4) is 0 Å². The van der Waals surface area contributed by atoms with E-state index in [2.05, 4.69) is 30.7 Å². The molecule has 2 amide bonds. The quantitative estimate of drug-likeness (QED) is 0.643. The Balaban J connectivity index is 2.39. The third-order valence-corrected chi connectivity index (χ3v) is 6.23. The molecule has 3 N–H and O–H groups in total. The molecule has 1 aliphatic carbocycles. The zero-order valence-corrected chi connectivity index (χ0v) is 13.4. The average molecular weight is 302 g/mol. The van der Waals surface area contributed by atoms with Crippen LogP contribution >= 0.6 is 11.8 Å². The molecule has 0 bridgehead atoms. The van der Waals surface area contributed by atoms with Gasteiger partial charge in [0.05, 0.1) is 5.41 Å². The van der Waals surface area contributed by atoms with Crippen LogP contribution in [0.5, 0.6) is 0 Å². The summed E-state index contributed by atoms with van der Waals surface area (Å²) in [5.41, 5.74) is -0.733. The highest BCUT2D eigenvalue weighted by atomic mass is 32.2. The molecular formula is C14H26N2O3S. The minimum Gasteiger partial charge on any atom is -0.481 e. The molecule has 0 aromatic carbocycles. The van der Waals surface area contributed by atoms with Crippen LogP contribution in [0.25, 0.3) is 0 Å². The highest BCUT2D eigenvalue weighted by molar-refractivity contribution is 8.00. The van der Waals surface area contributed by atoms with E-state index in [9.17, 15) is 14.7 Å². The molecule has 1 saturated carbocycles. The molecule has 0 heterocycles. The summed E-state index contributed by atoms with van der Waals surface area (Å²) < 4.78 is 0.0678. The summed E-state index contributed by atoms with van der Waals surface area (Å²) in [7, 11) is 0. The minimum atomic E-state index is -0.801. The van der Waals surface area contributed by atoms with E-state index < -0.39 is 11.4 Å². The fraction of sp³-hybridized carbons (Fsp3) is 0.857. The van der Waals surface area contributed by atoms with Crippen LogP contribution in [0.4, 0.5) is 4.79 Å². The second-order valence-electron chi connectivity index (χ2n) is 5.57. The Morgan fingerprint density at radius 3 is 2.20 bits per heavy atom. The van der Waals surface area contributed by atoms with Gasteiger partial charge < -0.3 is 15.7 Å². The Bertz CT molecular complexity index is 344. The summed E-state index contributed by atoms with van der Waals surface area (Å²) >= 11 is 1.77. The second kappa shape index (κ2) is 7.20. The predicted molar refractivity (Wildman–Crippen MR) is 82.1 cm³/mol. The first-order chi connectivity index (χ1) is 9.43. The molecule has 116 valence electrons. The van der Waals surface area contributed by atoms with E-state index in [1.165, 1.54) is 0 Å². The van der Waals surface area contributed by atoms with Crippen molar-refractivity contribution in [1.82, 2.24) is 10.6 Å². The van der Waals surface area contributed by atoms with Crippen molar-refractivity contribution in [3.05, 3.63) is 0 Å². The van der Waals surface area contributed by atoms with Crippen LogP contribution < -0.4 is 10.6 Å². The van der Waals surface area contributed by atoms with Crippen LogP contribution in [-0.4, -0.2) is 41.2 Å². The Morgan fingerprint density at radius 1 is 1.25 bits per heavy atom. The molecular weight excluding hydrogens is 276 g/mol. The van der Waals surface area contributed by atoms with Crippen LogP contribution in [0.1, 0.15) is 46.0 Å².